The molecule has 2 aromatic carbocycles. The lowest BCUT2D eigenvalue weighted by Gasteiger charge is -2.19. The minimum atomic E-state index is -2.55. The van der Waals surface area contributed by atoms with Gasteiger partial charge in [-0.1, -0.05) is 23.9 Å². The Labute approximate surface area is 170 Å². The number of nitrogens with zero attached hydrogens (tertiary/aromatic N) is 1. The van der Waals surface area contributed by atoms with E-state index >= 15 is 0 Å². The fraction of sp³-hybridized carbons (Fsp3) is 0.250. The van der Waals surface area contributed by atoms with Gasteiger partial charge in [0.1, 0.15) is 0 Å². The maximum absolute atomic E-state index is 12.3. The first-order chi connectivity index (χ1) is 13.9. The van der Waals surface area contributed by atoms with Crippen LogP contribution in [-0.2, 0) is 14.3 Å². The highest BCUT2D eigenvalue weighted by atomic mass is 32.2. The summed E-state index contributed by atoms with van der Waals surface area (Å²) in [4.78, 5) is 38.1. The van der Waals surface area contributed by atoms with Crippen LogP contribution in [0.5, 0.6) is 0 Å². The SMILES string of the molecule is O=C(COC(=O)c1ccc(SC(F)F)cc1)Nc1ccccc1N1CCCC1=O. The van der Waals surface area contributed by atoms with Crippen molar-refractivity contribution in [1.29, 1.82) is 0 Å². The van der Waals surface area contributed by atoms with Gasteiger partial charge in [-0.3, -0.25) is 9.59 Å². The molecule has 0 unspecified atom stereocenters. The number of carbonyl (C=O) groups excluding carboxylic acids is 3. The number of para-hydroxylation sites is 2. The maximum atomic E-state index is 12.3. The van der Waals surface area contributed by atoms with Crippen molar-refractivity contribution in [1.82, 2.24) is 0 Å². The summed E-state index contributed by atoms with van der Waals surface area (Å²) in [6.07, 6.45) is 1.22. The van der Waals surface area contributed by atoms with E-state index in [4.69, 9.17) is 4.74 Å². The third-order valence-electron chi connectivity index (χ3n) is 4.19. The highest BCUT2D eigenvalue weighted by molar-refractivity contribution is 7.99. The number of anilines is 2. The van der Waals surface area contributed by atoms with E-state index in [0.717, 1.165) is 6.42 Å². The van der Waals surface area contributed by atoms with Crippen molar-refractivity contribution < 1.29 is 27.9 Å². The largest absolute Gasteiger partial charge is 0.452 e. The Morgan fingerprint density at radius 3 is 2.52 bits per heavy atom. The summed E-state index contributed by atoms with van der Waals surface area (Å²) < 4.78 is 29.6. The van der Waals surface area contributed by atoms with Crippen molar-refractivity contribution in [3.63, 3.8) is 0 Å². The average Bonchev–Trinajstić information content (AvgIpc) is 3.12. The first-order valence-electron chi connectivity index (χ1n) is 8.85. The molecule has 6 nitrogen and oxygen atoms in total. The predicted molar refractivity (Wildman–Crippen MR) is 105 cm³/mol. The average molecular weight is 420 g/mol. The standard InChI is InChI=1S/C20H18F2N2O4S/c21-20(22)29-14-9-7-13(8-10-14)19(27)28-12-17(25)23-15-4-1-2-5-16(15)24-11-3-6-18(24)26/h1-2,4-5,7-10,20H,3,6,11-12H2,(H,23,25). The van der Waals surface area contributed by atoms with Crippen LogP contribution in [0.15, 0.2) is 53.4 Å². The first kappa shape index (κ1) is 20.8. The summed E-state index contributed by atoms with van der Waals surface area (Å²) in [5, 5.41) is 2.65. The summed E-state index contributed by atoms with van der Waals surface area (Å²) in [6.45, 7) is 0.0647. The van der Waals surface area contributed by atoms with Crippen LogP contribution in [0, 0.1) is 0 Å². The molecule has 1 fully saturated rings. The zero-order valence-electron chi connectivity index (χ0n) is 15.3. The molecule has 0 atom stereocenters. The number of carbonyl (C=O) groups is 3. The van der Waals surface area contributed by atoms with Crippen LogP contribution in [0.2, 0.25) is 0 Å². The highest BCUT2D eigenvalue weighted by Gasteiger charge is 2.24. The third-order valence-corrected chi connectivity index (χ3v) is 4.91. The molecule has 1 aliphatic heterocycles. The van der Waals surface area contributed by atoms with E-state index in [1.807, 2.05) is 0 Å². The number of esters is 1. The van der Waals surface area contributed by atoms with Gasteiger partial charge in [-0.25, -0.2) is 4.79 Å². The minimum Gasteiger partial charge on any atom is -0.452 e. The van der Waals surface area contributed by atoms with Crippen molar-refractivity contribution in [3.05, 3.63) is 54.1 Å². The fourth-order valence-corrected chi connectivity index (χ4v) is 3.39. The number of halogens is 2. The quantitative estimate of drug-likeness (QED) is 0.543. The highest BCUT2D eigenvalue weighted by Crippen LogP contribution is 2.29. The minimum absolute atomic E-state index is 0.00780. The van der Waals surface area contributed by atoms with Gasteiger partial charge in [0.15, 0.2) is 6.61 Å². The number of amides is 2. The van der Waals surface area contributed by atoms with E-state index in [1.165, 1.54) is 24.3 Å². The second kappa shape index (κ2) is 9.51. The molecule has 152 valence electrons. The van der Waals surface area contributed by atoms with Crippen molar-refractivity contribution in [2.75, 3.05) is 23.4 Å². The molecule has 9 heteroatoms. The zero-order chi connectivity index (χ0) is 20.8. The molecule has 2 aromatic rings. The summed E-state index contributed by atoms with van der Waals surface area (Å²) in [5.41, 5.74) is 1.21. The monoisotopic (exact) mass is 420 g/mol. The van der Waals surface area contributed by atoms with Crippen LogP contribution in [0.1, 0.15) is 23.2 Å². The maximum Gasteiger partial charge on any atom is 0.338 e. The summed E-state index contributed by atoms with van der Waals surface area (Å²) in [6, 6.07) is 12.4. The van der Waals surface area contributed by atoms with Crippen molar-refractivity contribution in [2.45, 2.75) is 23.5 Å². The van der Waals surface area contributed by atoms with E-state index in [-0.39, 0.29) is 11.5 Å². The van der Waals surface area contributed by atoms with Crippen LogP contribution < -0.4 is 10.2 Å². The number of benzene rings is 2. The van der Waals surface area contributed by atoms with Gasteiger partial charge in [0, 0.05) is 17.9 Å². The van der Waals surface area contributed by atoms with Gasteiger partial charge in [0.2, 0.25) is 5.91 Å². The molecule has 0 aromatic heterocycles. The molecule has 1 aliphatic rings. The molecule has 1 N–H and O–H groups in total. The topological polar surface area (TPSA) is 75.7 Å². The molecule has 2 amide bonds. The molecule has 0 spiro atoms. The number of alkyl halides is 2. The zero-order valence-corrected chi connectivity index (χ0v) is 16.1. The van der Waals surface area contributed by atoms with E-state index in [0.29, 0.717) is 41.0 Å². The lowest BCUT2D eigenvalue weighted by molar-refractivity contribution is -0.119. The number of ether oxygens (including phenoxy) is 1. The van der Waals surface area contributed by atoms with E-state index < -0.39 is 24.2 Å². The molecule has 0 saturated carbocycles. The number of rotatable bonds is 7. The Hall–Kier alpha value is -2.94. The number of hydrogen-bond donors (Lipinski definition) is 1. The number of hydrogen-bond acceptors (Lipinski definition) is 5. The van der Waals surface area contributed by atoms with Gasteiger partial charge in [0.05, 0.1) is 16.9 Å². The molecule has 3 rings (SSSR count). The van der Waals surface area contributed by atoms with Gasteiger partial charge in [-0.2, -0.15) is 8.78 Å². The normalized spacial score (nSPS) is 13.6. The Bertz CT molecular complexity index is 906. The molecule has 29 heavy (non-hydrogen) atoms. The number of thioether (sulfide) groups is 1. The predicted octanol–water partition coefficient (Wildman–Crippen LogP) is 3.92. The first-order valence-corrected chi connectivity index (χ1v) is 9.73. The summed E-state index contributed by atoms with van der Waals surface area (Å²) in [5.74, 6) is -3.85. The smallest absolute Gasteiger partial charge is 0.338 e. The molecular weight excluding hydrogens is 402 g/mol. The Morgan fingerprint density at radius 2 is 1.86 bits per heavy atom. The van der Waals surface area contributed by atoms with Gasteiger partial charge in [-0.15, -0.1) is 0 Å². The lowest BCUT2D eigenvalue weighted by atomic mass is 10.2. The molecule has 0 bridgehead atoms. The molecule has 1 heterocycles. The van der Waals surface area contributed by atoms with Gasteiger partial charge in [0.25, 0.3) is 11.7 Å². The fourth-order valence-electron chi connectivity index (χ4n) is 2.89. The lowest BCUT2D eigenvalue weighted by Crippen LogP contribution is -2.27. The molecule has 0 aliphatic carbocycles. The van der Waals surface area contributed by atoms with E-state index in [1.54, 1.807) is 29.2 Å². The van der Waals surface area contributed by atoms with Crippen LogP contribution in [-0.4, -0.2) is 36.7 Å². The van der Waals surface area contributed by atoms with Crippen LogP contribution in [0.4, 0.5) is 20.2 Å². The summed E-state index contributed by atoms with van der Waals surface area (Å²) in [7, 11) is 0. The van der Waals surface area contributed by atoms with Crippen LogP contribution >= 0.6 is 11.8 Å². The van der Waals surface area contributed by atoms with Gasteiger partial charge >= 0.3 is 5.97 Å². The van der Waals surface area contributed by atoms with Crippen molar-refractivity contribution in [3.8, 4) is 0 Å². The Balaban J connectivity index is 1.56. The van der Waals surface area contributed by atoms with Crippen molar-refractivity contribution >= 4 is 40.9 Å². The Morgan fingerprint density at radius 1 is 1.14 bits per heavy atom. The second-order valence-corrected chi connectivity index (χ2v) is 7.26. The second-order valence-electron chi connectivity index (χ2n) is 6.19. The molecule has 1 saturated heterocycles. The van der Waals surface area contributed by atoms with Crippen LogP contribution in [0.25, 0.3) is 0 Å². The van der Waals surface area contributed by atoms with Gasteiger partial charge in [-0.05, 0) is 42.8 Å². The van der Waals surface area contributed by atoms with Gasteiger partial charge < -0.3 is 15.0 Å². The molecule has 0 radical (unpaired) electrons. The molecular formula is C20H18F2N2O4S. The number of nitrogens with one attached hydrogen (secondary N) is 1. The van der Waals surface area contributed by atoms with Crippen LogP contribution in [0.3, 0.4) is 0 Å². The summed E-state index contributed by atoms with van der Waals surface area (Å²) >= 11 is 0.373. The Kier molecular flexibility index (Phi) is 6.82. The van der Waals surface area contributed by atoms with E-state index in [2.05, 4.69) is 5.32 Å². The van der Waals surface area contributed by atoms with Crippen molar-refractivity contribution in [2.24, 2.45) is 0 Å². The van der Waals surface area contributed by atoms with E-state index in [9.17, 15) is 23.2 Å². The third kappa shape index (κ3) is 5.54.